The van der Waals surface area contributed by atoms with Crippen LogP contribution in [0.2, 0.25) is 5.02 Å². The van der Waals surface area contributed by atoms with Crippen LogP contribution in [0, 0.1) is 11.8 Å². The molecule has 156 valence electrons. The summed E-state index contributed by atoms with van der Waals surface area (Å²) in [6, 6.07) is 5.09. The number of aromatic nitrogens is 1. The maximum atomic E-state index is 13.4. The minimum Gasteiger partial charge on any atom is -0.444 e. The van der Waals surface area contributed by atoms with Gasteiger partial charge in [0.25, 0.3) is 0 Å². The van der Waals surface area contributed by atoms with Gasteiger partial charge in [0.05, 0.1) is 9.92 Å². The summed E-state index contributed by atoms with van der Waals surface area (Å²) in [6.45, 7) is 7.28. The van der Waals surface area contributed by atoms with Gasteiger partial charge < -0.3 is 9.64 Å². The number of amides is 1. The van der Waals surface area contributed by atoms with Gasteiger partial charge in [0.2, 0.25) is 10.0 Å². The molecule has 1 amide bonds. The number of carbonyl (C=O) groups is 1. The second-order valence-electron chi connectivity index (χ2n) is 8.70. The number of pyridine rings is 1. The fourth-order valence-corrected chi connectivity index (χ4v) is 6.25. The van der Waals surface area contributed by atoms with Gasteiger partial charge in [-0.1, -0.05) is 23.7 Å². The normalized spacial score (nSPS) is 22.8. The van der Waals surface area contributed by atoms with Crippen molar-refractivity contribution in [3.63, 3.8) is 0 Å². The van der Waals surface area contributed by atoms with E-state index in [4.69, 9.17) is 16.3 Å². The number of fused-ring (bicyclic) bond motifs is 2. The molecule has 2 aromatic rings. The third-order valence-corrected chi connectivity index (χ3v) is 7.58. The summed E-state index contributed by atoms with van der Waals surface area (Å²) < 4.78 is 33.7. The van der Waals surface area contributed by atoms with Crippen molar-refractivity contribution in [2.45, 2.75) is 31.3 Å². The molecule has 3 heterocycles. The zero-order chi connectivity index (χ0) is 21.0. The van der Waals surface area contributed by atoms with E-state index >= 15 is 0 Å². The number of carbonyl (C=O) groups excluding carboxylic acids is 1. The lowest BCUT2D eigenvalue weighted by Crippen LogP contribution is -2.38. The SMILES string of the molecule is CC(C)(C)OC(=O)N1CC2CN(S(=O)(=O)c3cccc4cncc(Cl)c34)CC2C1. The molecular weight excluding hydrogens is 414 g/mol. The first-order valence-corrected chi connectivity index (χ1v) is 11.4. The molecule has 0 aliphatic carbocycles. The Kier molecular flexibility index (Phi) is 4.99. The van der Waals surface area contributed by atoms with Crippen molar-refractivity contribution in [1.82, 2.24) is 14.2 Å². The van der Waals surface area contributed by atoms with Gasteiger partial charge in [0.1, 0.15) is 5.60 Å². The summed E-state index contributed by atoms with van der Waals surface area (Å²) in [5.74, 6) is 0.203. The monoisotopic (exact) mass is 437 g/mol. The molecule has 0 radical (unpaired) electrons. The number of hydrogen-bond donors (Lipinski definition) is 0. The van der Waals surface area contributed by atoms with E-state index in [2.05, 4.69) is 4.98 Å². The number of ether oxygens (including phenoxy) is 1. The topological polar surface area (TPSA) is 79.8 Å². The highest BCUT2D eigenvalue weighted by molar-refractivity contribution is 7.89. The second kappa shape index (κ2) is 7.11. The summed E-state index contributed by atoms with van der Waals surface area (Å²) in [4.78, 5) is 18.3. The highest BCUT2D eigenvalue weighted by Gasteiger charge is 2.46. The Morgan fingerprint density at radius 2 is 1.79 bits per heavy atom. The molecule has 1 aromatic carbocycles. The maximum Gasteiger partial charge on any atom is 0.410 e. The van der Waals surface area contributed by atoms with Crippen LogP contribution in [0.4, 0.5) is 4.79 Å². The second-order valence-corrected chi connectivity index (χ2v) is 11.0. The van der Waals surface area contributed by atoms with Gasteiger partial charge in [-0.05, 0) is 38.7 Å². The van der Waals surface area contributed by atoms with Crippen molar-refractivity contribution in [3.8, 4) is 0 Å². The lowest BCUT2D eigenvalue weighted by atomic mass is 10.0. The molecule has 2 unspecified atom stereocenters. The third-order valence-electron chi connectivity index (χ3n) is 5.42. The Balaban J connectivity index is 1.54. The van der Waals surface area contributed by atoms with Gasteiger partial charge in [0.15, 0.2) is 0 Å². The van der Waals surface area contributed by atoms with Crippen LogP contribution in [-0.2, 0) is 14.8 Å². The molecule has 4 rings (SSSR count). The number of likely N-dealkylation sites (tertiary alicyclic amines) is 1. The van der Waals surface area contributed by atoms with Crippen molar-refractivity contribution in [3.05, 3.63) is 35.6 Å². The largest absolute Gasteiger partial charge is 0.444 e. The van der Waals surface area contributed by atoms with E-state index in [0.717, 1.165) is 0 Å². The van der Waals surface area contributed by atoms with E-state index < -0.39 is 15.6 Å². The number of hydrogen-bond acceptors (Lipinski definition) is 5. The Morgan fingerprint density at radius 3 is 2.41 bits per heavy atom. The van der Waals surface area contributed by atoms with Crippen LogP contribution in [0.15, 0.2) is 35.5 Å². The van der Waals surface area contributed by atoms with Gasteiger partial charge in [-0.15, -0.1) is 0 Å². The van der Waals surface area contributed by atoms with Crippen molar-refractivity contribution < 1.29 is 17.9 Å². The van der Waals surface area contributed by atoms with Gasteiger partial charge in [-0.25, -0.2) is 13.2 Å². The van der Waals surface area contributed by atoms with Crippen LogP contribution >= 0.6 is 11.6 Å². The van der Waals surface area contributed by atoms with Crippen molar-refractivity contribution in [2.75, 3.05) is 26.2 Å². The first kappa shape index (κ1) is 20.4. The molecule has 2 atom stereocenters. The molecule has 9 heteroatoms. The third kappa shape index (κ3) is 3.81. The summed E-state index contributed by atoms with van der Waals surface area (Å²) in [5, 5.41) is 1.50. The average Bonchev–Trinajstić information content (AvgIpc) is 3.19. The molecule has 7 nitrogen and oxygen atoms in total. The Morgan fingerprint density at radius 1 is 1.14 bits per heavy atom. The Hall–Kier alpha value is -1.90. The highest BCUT2D eigenvalue weighted by atomic mass is 35.5. The molecule has 29 heavy (non-hydrogen) atoms. The zero-order valence-corrected chi connectivity index (χ0v) is 18.2. The molecule has 2 aliphatic heterocycles. The zero-order valence-electron chi connectivity index (χ0n) is 16.6. The van der Waals surface area contributed by atoms with Crippen molar-refractivity contribution in [2.24, 2.45) is 11.8 Å². The molecule has 0 saturated carbocycles. The van der Waals surface area contributed by atoms with Crippen LogP contribution in [0.3, 0.4) is 0 Å². The minimum atomic E-state index is -3.71. The molecular formula is C20H24ClN3O4S. The number of rotatable bonds is 2. The van der Waals surface area contributed by atoms with E-state index in [-0.39, 0.29) is 22.8 Å². The average molecular weight is 438 g/mol. The first-order valence-electron chi connectivity index (χ1n) is 9.56. The fourth-order valence-electron chi connectivity index (χ4n) is 4.13. The number of halogens is 1. The smallest absolute Gasteiger partial charge is 0.410 e. The van der Waals surface area contributed by atoms with Crippen LogP contribution < -0.4 is 0 Å². The lowest BCUT2D eigenvalue weighted by Gasteiger charge is -2.26. The Bertz CT molecular complexity index is 1050. The summed E-state index contributed by atoms with van der Waals surface area (Å²) in [7, 11) is -3.71. The molecule has 2 saturated heterocycles. The van der Waals surface area contributed by atoms with Gasteiger partial charge >= 0.3 is 6.09 Å². The van der Waals surface area contributed by atoms with Crippen LogP contribution in [0.1, 0.15) is 20.8 Å². The van der Waals surface area contributed by atoms with Gasteiger partial charge in [0, 0.05) is 49.3 Å². The number of nitrogens with zero attached hydrogens (tertiary/aromatic N) is 3. The molecule has 0 bridgehead atoms. The van der Waals surface area contributed by atoms with E-state index in [1.807, 2.05) is 20.8 Å². The predicted octanol–water partition coefficient (Wildman–Crippen LogP) is 3.38. The van der Waals surface area contributed by atoms with Crippen LogP contribution in [0.25, 0.3) is 10.8 Å². The predicted molar refractivity (Wildman–Crippen MR) is 110 cm³/mol. The van der Waals surface area contributed by atoms with Crippen molar-refractivity contribution in [1.29, 1.82) is 0 Å². The molecule has 0 spiro atoms. The molecule has 0 N–H and O–H groups in total. The summed E-state index contributed by atoms with van der Waals surface area (Å²) in [5.41, 5.74) is -0.549. The van der Waals surface area contributed by atoms with Crippen LogP contribution in [0.5, 0.6) is 0 Å². The fraction of sp³-hybridized carbons (Fsp3) is 0.500. The standard InChI is InChI=1S/C20H24ClN3O4S/c1-20(2,3)28-19(25)23-9-14-11-24(12-15(14)10-23)29(26,27)17-6-4-5-13-7-22-8-16(21)18(13)17/h4-8,14-15H,9-12H2,1-3H3. The molecule has 1 aromatic heterocycles. The summed E-state index contributed by atoms with van der Waals surface area (Å²) in [6.07, 6.45) is 2.73. The number of sulfonamides is 1. The number of benzene rings is 1. The Labute approximate surface area is 175 Å². The van der Waals surface area contributed by atoms with Crippen molar-refractivity contribution >= 4 is 38.5 Å². The molecule has 2 aliphatic rings. The highest BCUT2D eigenvalue weighted by Crippen LogP contribution is 2.37. The lowest BCUT2D eigenvalue weighted by molar-refractivity contribution is 0.0279. The van der Waals surface area contributed by atoms with E-state index in [1.54, 1.807) is 29.3 Å². The van der Waals surface area contributed by atoms with E-state index in [9.17, 15) is 13.2 Å². The van der Waals surface area contributed by atoms with Gasteiger partial charge in [-0.2, -0.15) is 4.31 Å². The quantitative estimate of drug-likeness (QED) is 0.719. The minimum absolute atomic E-state index is 0.101. The first-order chi connectivity index (χ1) is 13.6. The van der Waals surface area contributed by atoms with Crippen LogP contribution in [-0.4, -0.2) is 60.5 Å². The molecule has 2 fully saturated rings. The summed E-state index contributed by atoms with van der Waals surface area (Å²) >= 11 is 6.27. The maximum absolute atomic E-state index is 13.4. The van der Waals surface area contributed by atoms with E-state index in [0.29, 0.717) is 42.0 Å². The van der Waals surface area contributed by atoms with E-state index in [1.165, 1.54) is 10.5 Å². The van der Waals surface area contributed by atoms with Gasteiger partial charge in [-0.3, -0.25) is 4.98 Å².